The summed E-state index contributed by atoms with van der Waals surface area (Å²) in [5.74, 6) is 0.436. The van der Waals surface area contributed by atoms with Gasteiger partial charge in [0.15, 0.2) is 18.1 Å². The molecule has 9 heteroatoms. The van der Waals surface area contributed by atoms with Gasteiger partial charge in [-0.1, -0.05) is 36.4 Å². The van der Waals surface area contributed by atoms with E-state index in [4.69, 9.17) is 9.47 Å². The van der Waals surface area contributed by atoms with Gasteiger partial charge in [-0.15, -0.1) is 11.3 Å². The third-order valence-corrected chi connectivity index (χ3v) is 5.61. The lowest BCUT2D eigenvalue weighted by molar-refractivity contribution is -0.118. The number of carbonyl (C=O) groups excluding carboxylic acids is 1. The molecule has 0 aliphatic rings. The molecule has 0 aliphatic carbocycles. The summed E-state index contributed by atoms with van der Waals surface area (Å²) in [6.07, 6.45) is 3.49. The van der Waals surface area contributed by atoms with Crippen molar-refractivity contribution in [1.82, 2.24) is 9.66 Å². The summed E-state index contributed by atoms with van der Waals surface area (Å²) < 4.78 is 12.1. The molecule has 3 aromatic carbocycles. The molecule has 4 aromatic rings. The van der Waals surface area contributed by atoms with Crippen molar-refractivity contribution in [1.29, 1.82) is 0 Å². The molecule has 0 saturated heterocycles. The van der Waals surface area contributed by atoms with E-state index in [-0.39, 0.29) is 12.5 Å². The van der Waals surface area contributed by atoms with Crippen molar-refractivity contribution in [2.75, 3.05) is 19.0 Å². The molecule has 0 radical (unpaired) electrons. The Kier molecular flexibility index (Phi) is 7.63. The van der Waals surface area contributed by atoms with Crippen LogP contribution in [0, 0.1) is 6.92 Å². The van der Waals surface area contributed by atoms with Crippen LogP contribution in [0.25, 0.3) is 10.9 Å². The lowest BCUT2D eigenvalue weighted by Crippen LogP contribution is -2.32. The first-order valence-corrected chi connectivity index (χ1v) is 11.5. The van der Waals surface area contributed by atoms with Crippen molar-refractivity contribution in [2.45, 2.75) is 13.3 Å². The van der Waals surface area contributed by atoms with E-state index in [0.717, 1.165) is 10.2 Å². The minimum Gasteiger partial charge on any atom is -0.493 e. The molecule has 37 heavy (non-hydrogen) atoms. The van der Waals surface area contributed by atoms with E-state index in [0.29, 0.717) is 45.6 Å². The predicted octanol–water partition coefficient (Wildman–Crippen LogP) is 3.64. The summed E-state index contributed by atoms with van der Waals surface area (Å²) >= 11 is 0. The summed E-state index contributed by atoms with van der Waals surface area (Å²) in [6.45, 7) is 5.46. The number of aryl methyl sites for hydroxylation is 1. The van der Waals surface area contributed by atoms with Crippen LogP contribution < -0.4 is 26.0 Å². The largest absolute Gasteiger partial charge is 0.493 e. The van der Waals surface area contributed by atoms with Crippen LogP contribution in [0.5, 0.6) is 11.5 Å². The Hall–Kier alpha value is -4.92. The van der Waals surface area contributed by atoms with Crippen LogP contribution >= 0.6 is 0 Å². The van der Waals surface area contributed by atoms with Gasteiger partial charge in [0.05, 0.1) is 24.2 Å². The number of hydrogen-bond donors (Lipinski definition) is 2. The monoisotopic (exact) mass is 498 g/mol. The number of carbonyl (C=O) groups is 1. The fraction of sp³-hybridized carbons (Fsp3) is 0.143. The Morgan fingerprint density at radius 1 is 1.14 bits per heavy atom. The molecule has 0 spiro atoms. The fourth-order valence-electron chi connectivity index (χ4n) is 3.80. The van der Waals surface area contributed by atoms with Crippen molar-refractivity contribution in [3.63, 3.8) is 0 Å². The molecule has 4 rings (SSSR count). The number of nitrogens with one attached hydrogen (secondary N) is 2. The molecule has 0 saturated carbocycles. The maximum absolute atomic E-state index is 12.8. The molecular formula is C28H26N4O5. The van der Waals surface area contributed by atoms with Crippen LogP contribution in [0.2, 0.25) is 0 Å². The standard InChI is InChI=1S/C28H26N4O5/c1-4-9-20-14-19(16-29-32-27(34)21-11-6-8-13-23(21)31-28(32)35)15-24(36-3)26(20)37-17-25(33)30-22-12-7-5-10-18(22)2/h4-8,10-16H,1,9,17H2,2-3H3,(H,30,33)(H,31,35). The highest BCUT2D eigenvalue weighted by molar-refractivity contribution is 5.92. The highest BCUT2D eigenvalue weighted by Crippen LogP contribution is 2.33. The van der Waals surface area contributed by atoms with Crippen molar-refractivity contribution in [3.05, 3.63) is 111 Å². The molecule has 0 fully saturated rings. The van der Waals surface area contributed by atoms with Crippen LogP contribution in [0.4, 0.5) is 5.69 Å². The zero-order valence-electron chi connectivity index (χ0n) is 20.5. The smallest absolute Gasteiger partial charge is 0.349 e. The van der Waals surface area contributed by atoms with Crippen LogP contribution in [0.1, 0.15) is 16.7 Å². The summed E-state index contributed by atoms with van der Waals surface area (Å²) in [7, 11) is 1.48. The van der Waals surface area contributed by atoms with Gasteiger partial charge in [0.25, 0.3) is 11.5 Å². The third kappa shape index (κ3) is 5.67. The Bertz CT molecular complexity index is 1620. The third-order valence-electron chi connectivity index (χ3n) is 5.61. The predicted molar refractivity (Wildman–Crippen MR) is 144 cm³/mol. The van der Waals surface area contributed by atoms with E-state index >= 15 is 0 Å². The van der Waals surface area contributed by atoms with Gasteiger partial charge in [-0.25, -0.2) is 4.79 Å². The van der Waals surface area contributed by atoms with Gasteiger partial charge in [0.1, 0.15) is 0 Å². The second kappa shape index (κ2) is 11.2. The molecule has 1 heterocycles. The summed E-state index contributed by atoms with van der Waals surface area (Å²) in [4.78, 5) is 40.3. The molecular weight excluding hydrogens is 472 g/mol. The fourth-order valence-corrected chi connectivity index (χ4v) is 3.80. The van der Waals surface area contributed by atoms with Crippen LogP contribution in [0.15, 0.2) is 88.0 Å². The van der Waals surface area contributed by atoms with Gasteiger partial charge in [-0.05, 0) is 54.8 Å². The van der Waals surface area contributed by atoms with Crippen molar-refractivity contribution >= 4 is 28.7 Å². The molecule has 1 aromatic heterocycles. The van der Waals surface area contributed by atoms with E-state index in [2.05, 4.69) is 22.0 Å². The molecule has 0 atom stereocenters. The second-order valence-electron chi connectivity index (χ2n) is 8.19. The average Bonchev–Trinajstić information content (AvgIpc) is 2.89. The van der Waals surface area contributed by atoms with E-state index in [1.54, 1.807) is 42.5 Å². The molecule has 0 aliphatic heterocycles. The lowest BCUT2D eigenvalue weighted by Gasteiger charge is -2.16. The average molecular weight is 499 g/mol. The first-order chi connectivity index (χ1) is 17.9. The molecule has 2 N–H and O–H groups in total. The summed E-state index contributed by atoms with van der Waals surface area (Å²) in [5, 5.41) is 7.29. The number of para-hydroxylation sites is 2. The van der Waals surface area contributed by atoms with Gasteiger partial charge >= 0.3 is 5.69 Å². The van der Waals surface area contributed by atoms with Gasteiger partial charge in [0, 0.05) is 11.3 Å². The van der Waals surface area contributed by atoms with Crippen molar-refractivity contribution in [2.24, 2.45) is 5.10 Å². The van der Waals surface area contributed by atoms with E-state index in [1.165, 1.54) is 13.3 Å². The van der Waals surface area contributed by atoms with E-state index < -0.39 is 11.2 Å². The number of rotatable bonds is 9. The van der Waals surface area contributed by atoms with E-state index in [9.17, 15) is 14.4 Å². The van der Waals surface area contributed by atoms with Gasteiger partial charge in [-0.2, -0.15) is 5.10 Å². The first-order valence-electron chi connectivity index (χ1n) is 11.5. The quantitative estimate of drug-likeness (QED) is 0.270. The Morgan fingerprint density at radius 3 is 2.65 bits per heavy atom. The van der Waals surface area contributed by atoms with Crippen LogP contribution in [-0.4, -0.2) is 35.5 Å². The number of nitrogens with zero attached hydrogens (tertiary/aromatic N) is 2. The molecule has 9 nitrogen and oxygen atoms in total. The van der Waals surface area contributed by atoms with Crippen molar-refractivity contribution < 1.29 is 14.3 Å². The second-order valence-corrected chi connectivity index (χ2v) is 8.19. The number of ether oxygens (including phenoxy) is 2. The van der Waals surface area contributed by atoms with Crippen LogP contribution in [-0.2, 0) is 11.2 Å². The Balaban J connectivity index is 1.61. The Morgan fingerprint density at radius 2 is 1.89 bits per heavy atom. The SMILES string of the molecule is C=CCc1cc(C=Nn2c(=O)[nH]c3ccccc3c2=O)cc(OC)c1OCC(=O)Nc1ccccc1C. The summed E-state index contributed by atoms with van der Waals surface area (Å²) in [6, 6.07) is 17.6. The number of fused-ring (bicyclic) bond motifs is 1. The minimum atomic E-state index is -0.655. The number of aromatic nitrogens is 2. The molecule has 0 unspecified atom stereocenters. The number of methoxy groups -OCH3 is 1. The van der Waals surface area contributed by atoms with E-state index in [1.807, 2.05) is 31.2 Å². The van der Waals surface area contributed by atoms with Crippen LogP contribution in [0.3, 0.4) is 0 Å². The van der Waals surface area contributed by atoms with Crippen molar-refractivity contribution in [3.8, 4) is 11.5 Å². The zero-order valence-corrected chi connectivity index (χ0v) is 20.5. The highest BCUT2D eigenvalue weighted by Gasteiger charge is 2.15. The molecule has 1 amide bonds. The van der Waals surface area contributed by atoms with Gasteiger partial charge < -0.3 is 19.8 Å². The maximum atomic E-state index is 12.8. The number of aromatic amines is 1. The minimum absolute atomic E-state index is 0.232. The lowest BCUT2D eigenvalue weighted by atomic mass is 10.1. The maximum Gasteiger partial charge on any atom is 0.349 e. The number of hydrogen-bond acceptors (Lipinski definition) is 6. The number of H-pyrrole nitrogens is 1. The number of amides is 1. The van der Waals surface area contributed by atoms with Gasteiger partial charge in [0.2, 0.25) is 0 Å². The zero-order chi connectivity index (χ0) is 26.4. The molecule has 0 bridgehead atoms. The normalized spacial score (nSPS) is 11.0. The first kappa shape index (κ1) is 25.2. The van der Waals surface area contributed by atoms with Gasteiger partial charge in [-0.3, -0.25) is 9.59 Å². The number of anilines is 1. The number of allylic oxidation sites excluding steroid dienone is 1. The topological polar surface area (TPSA) is 115 Å². The molecule has 188 valence electrons. The summed E-state index contributed by atoms with van der Waals surface area (Å²) in [5.41, 5.74) is 2.15. The number of benzene rings is 3. The Labute approximate surface area is 212 Å². The highest BCUT2D eigenvalue weighted by atomic mass is 16.5.